The van der Waals surface area contributed by atoms with E-state index in [1.165, 1.54) is 18.2 Å². The molecule has 4 aliphatic carbocycles. The molecule has 0 amide bonds. The third-order valence-electron chi connectivity index (χ3n) is 8.55. The van der Waals surface area contributed by atoms with Crippen LogP contribution >= 0.6 is 23.2 Å². The standard InChI is InChI=1S/C29H28Cl2FNO5/c30-20-4-2-5-21(31)23(20)25-19(26(38-33-25)17-7-8-17)15-37-29-12-9-28(10-13-29,11-14-29)16-36-22-6-1-3-18(24(22)32)27(34)35/h1-6,17H,7-16H2,(H,34,35). The topological polar surface area (TPSA) is 81.8 Å². The van der Waals surface area contributed by atoms with Crippen LogP contribution in [0.15, 0.2) is 40.9 Å². The molecule has 6 nitrogen and oxygen atoms in total. The zero-order valence-corrected chi connectivity index (χ0v) is 22.3. The molecule has 0 radical (unpaired) electrons. The number of aromatic carboxylic acids is 1. The number of ether oxygens (including phenoxy) is 2. The first-order chi connectivity index (χ1) is 18.3. The smallest absolute Gasteiger partial charge is 0.338 e. The van der Waals surface area contributed by atoms with Gasteiger partial charge in [-0.3, -0.25) is 0 Å². The van der Waals surface area contributed by atoms with E-state index in [1.54, 1.807) is 12.1 Å². The summed E-state index contributed by atoms with van der Waals surface area (Å²) in [5, 5.41) is 14.6. The molecule has 7 rings (SSSR count). The van der Waals surface area contributed by atoms with Crippen molar-refractivity contribution in [3.8, 4) is 17.0 Å². The lowest BCUT2D eigenvalue weighted by atomic mass is 9.59. The van der Waals surface area contributed by atoms with E-state index in [1.807, 2.05) is 6.07 Å². The molecule has 1 heterocycles. The molecule has 2 bridgehead atoms. The van der Waals surface area contributed by atoms with Gasteiger partial charge in [-0.15, -0.1) is 0 Å². The highest BCUT2D eigenvalue weighted by molar-refractivity contribution is 6.39. The molecular weight excluding hydrogens is 532 g/mol. The third kappa shape index (κ3) is 4.69. The van der Waals surface area contributed by atoms with E-state index >= 15 is 0 Å². The van der Waals surface area contributed by atoms with E-state index in [0.29, 0.717) is 40.4 Å². The van der Waals surface area contributed by atoms with Gasteiger partial charge in [0.2, 0.25) is 0 Å². The summed E-state index contributed by atoms with van der Waals surface area (Å²) in [5.41, 5.74) is 1.57. The average Bonchev–Trinajstić information content (AvgIpc) is 3.68. The van der Waals surface area contributed by atoms with Gasteiger partial charge in [-0.05, 0) is 75.6 Å². The van der Waals surface area contributed by atoms with E-state index in [4.69, 9.17) is 37.2 Å². The van der Waals surface area contributed by atoms with Crippen LogP contribution in [0.1, 0.15) is 79.0 Å². The van der Waals surface area contributed by atoms with Crippen LogP contribution in [0, 0.1) is 11.2 Å². The van der Waals surface area contributed by atoms with Crippen molar-refractivity contribution in [2.75, 3.05) is 6.61 Å². The summed E-state index contributed by atoms with van der Waals surface area (Å²) in [6, 6.07) is 9.63. The fraction of sp³-hybridized carbons (Fsp3) is 0.448. The van der Waals surface area contributed by atoms with Crippen molar-refractivity contribution < 1.29 is 28.3 Å². The summed E-state index contributed by atoms with van der Waals surface area (Å²) in [6.07, 6.45) is 7.46. The van der Waals surface area contributed by atoms with Crippen LogP contribution < -0.4 is 4.74 Å². The van der Waals surface area contributed by atoms with E-state index in [9.17, 15) is 14.3 Å². The third-order valence-corrected chi connectivity index (χ3v) is 9.18. The molecule has 0 spiro atoms. The summed E-state index contributed by atoms with van der Waals surface area (Å²) >= 11 is 13.0. The first kappa shape index (κ1) is 25.7. The van der Waals surface area contributed by atoms with Crippen LogP contribution in [0.2, 0.25) is 10.0 Å². The Labute approximate surface area is 230 Å². The minimum absolute atomic E-state index is 0.0104. The zero-order valence-electron chi connectivity index (χ0n) is 20.8. The predicted molar refractivity (Wildman–Crippen MR) is 140 cm³/mol. The number of carboxylic acids is 1. The van der Waals surface area contributed by atoms with E-state index in [0.717, 1.165) is 62.7 Å². The van der Waals surface area contributed by atoms with Crippen LogP contribution in [-0.4, -0.2) is 28.4 Å². The normalized spacial score (nSPS) is 24.5. The van der Waals surface area contributed by atoms with Gasteiger partial charge in [0.1, 0.15) is 11.5 Å². The Morgan fingerprint density at radius 1 is 1.05 bits per heavy atom. The van der Waals surface area contributed by atoms with Crippen LogP contribution in [-0.2, 0) is 11.3 Å². The lowest BCUT2D eigenvalue weighted by Gasteiger charge is -2.52. The van der Waals surface area contributed by atoms with Gasteiger partial charge in [0, 0.05) is 22.5 Å². The minimum atomic E-state index is -1.30. The van der Waals surface area contributed by atoms with Gasteiger partial charge in [-0.2, -0.15) is 0 Å². The Balaban J connectivity index is 1.14. The fourth-order valence-electron chi connectivity index (χ4n) is 5.95. The maximum absolute atomic E-state index is 14.6. The number of carboxylic acid groups (broad SMARTS) is 1. The largest absolute Gasteiger partial charge is 0.490 e. The lowest BCUT2D eigenvalue weighted by molar-refractivity contribution is -0.150. The molecule has 0 aliphatic heterocycles. The number of benzene rings is 2. The highest BCUT2D eigenvalue weighted by Crippen LogP contribution is 2.55. The van der Waals surface area contributed by atoms with Crippen molar-refractivity contribution in [3.63, 3.8) is 0 Å². The van der Waals surface area contributed by atoms with E-state index in [-0.39, 0.29) is 22.3 Å². The van der Waals surface area contributed by atoms with Crippen molar-refractivity contribution in [1.29, 1.82) is 0 Å². The molecule has 0 atom stereocenters. The number of hydrogen-bond donors (Lipinski definition) is 1. The Kier molecular flexibility index (Phi) is 6.65. The molecule has 4 saturated carbocycles. The molecule has 2 aromatic carbocycles. The first-order valence-electron chi connectivity index (χ1n) is 13.0. The van der Waals surface area contributed by atoms with Crippen LogP contribution in [0.25, 0.3) is 11.3 Å². The number of rotatable bonds is 9. The van der Waals surface area contributed by atoms with Gasteiger partial charge in [-0.25, -0.2) is 9.18 Å². The van der Waals surface area contributed by atoms with Crippen molar-refractivity contribution in [3.05, 3.63) is 69.1 Å². The van der Waals surface area contributed by atoms with Gasteiger partial charge < -0.3 is 19.1 Å². The monoisotopic (exact) mass is 559 g/mol. The number of halogens is 3. The van der Waals surface area contributed by atoms with Gasteiger partial charge >= 0.3 is 5.97 Å². The molecule has 0 unspecified atom stereocenters. The number of hydrogen-bond acceptors (Lipinski definition) is 5. The SMILES string of the molecule is O=C(O)c1cccc(OCC23CCC(OCc4c(-c5c(Cl)cccc5Cl)noc4C4CC4)(CC2)CC3)c1F. The molecular formula is C29H28Cl2FNO5. The van der Waals surface area contributed by atoms with Gasteiger partial charge in [-0.1, -0.05) is 40.5 Å². The lowest BCUT2D eigenvalue weighted by Crippen LogP contribution is -2.49. The van der Waals surface area contributed by atoms with Crippen LogP contribution in [0.4, 0.5) is 4.39 Å². The summed E-state index contributed by atoms with van der Waals surface area (Å²) in [4.78, 5) is 11.3. The summed E-state index contributed by atoms with van der Waals surface area (Å²) < 4.78 is 32.9. The number of aromatic nitrogens is 1. The van der Waals surface area contributed by atoms with Crippen LogP contribution in [0.3, 0.4) is 0 Å². The first-order valence-corrected chi connectivity index (χ1v) is 13.8. The molecule has 0 saturated heterocycles. The Morgan fingerprint density at radius 3 is 2.34 bits per heavy atom. The molecule has 1 N–H and O–H groups in total. The second kappa shape index (κ2) is 9.85. The van der Waals surface area contributed by atoms with Crippen molar-refractivity contribution in [2.45, 2.75) is 69.5 Å². The molecule has 4 aliphatic rings. The molecule has 38 heavy (non-hydrogen) atoms. The van der Waals surface area contributed by atoms with E-state index < -0.39 is 11.8 Å². The van der Waals surface area contributed by atoms with Gasteiger partial charge in [0.15, 0.2) is 11.6 Å². The molecule has 9 heteroatoms. The second-order valence-corrected chi connectivity index (χ2v) is 11.7. The molecule has 4 fully saturated rings. The quantitative estimate of drug-likeness (QED) is 0.285. The summed E-state index contributed by atoms with van der Waals surface area (Å²) in [6.45, 7) is 0.735. The summed E-state index contributed by atoms with van der Waals surface area (Å²) in [7, 11) is 0. The maximum Gasteiger partial charge on any atom is 0.338 e. The van der Waals surface area contributed by atoms with Gasteiger partial charge in [0.25, 0.3) is 0 Å². The Bertz CT molecular complexity index is 1340. The highest BCUT2D eigenvalue weighted by Gasteiger charge is 2.50. The van der Waals surface area contributed by atoms with Crippen LogP contribution in [0.5, 0.6) is 5.75 Å². The number of nitrogens with zero attached hydrogens (tertiary/aromatic N) is 1. The fourth-order valence-corrected chi connectivity index (χ4v) is 6.53. The average molecular weight is 560 g/mol. The van der Waals surface area contributed by atoms with Crippen molar-refractivity contribution in [1.82, 2.24) is 5.16 Å². The van der Waals surface area contributed by atoms with Gasteiger partial charge in [0.05, 0.1) is 34.4 Å². The molecule has 200 valence electrons. The maximum atomic E-state index is 14.6. The highest BCUT2D eigenvalue weighted by atomic mass is 35.5. The second-order valence-electron chi connectivity index (χ2n) is 10.9. The number of fused-ring (bicyclic) bond motifs is 3. The predicted octanol–water partition coefficient (Wildman–Crippen LogP) is 8.05. The van der Waals surface area contributed by atoms with Crippen molar-refractivity contribution >= 4 is 29.2 Å². The van der Waals surface area contributed by atoms with Crippen molar-refractivity contribution in [2.24, 2.45) is 5.41 Å². The molecule has 3 aromatic rings. The zero-order chi connectivity index (χ0) is 26.5. The summed E-state index contributed by atoms with van der Waals surface area (Å²) in [5.74, 6) is -0.913. The molecule has 1 aromatic heterocycles. The number of carbonyl (C=O) groups is 1. The Morgan fingerprint density at radius 2 is 1.71 bits per heavy atom. The van der Waals surface area contributed by atoms with E-state index in [2.05, 4.69) is 5.16 Å². The Hall–Kier alpha value is -2.61. The minimum Gasteiger partial charge on any atom is -0.490 e.